The molecule has 0 amide bonds. The van der Waals surface area contributed by atoms with Gasteiger partial charge in [0, 0.05) is 0 Å². The van der Waals surface area contributed by atoms with Crippen molar-refractivity contribution < 1.29 is 0 Å². The zero-order valence-electron chi connectivity index (χ0n) is 13.1. The molecule has 98 valence electrons. The fourth-order valence-corrected chi connectivity index (χ4v) is 22.7. The van der Waals surface area contributed by atoms with Gasteiger partial charge in [0.05, 0.1) is 19.4 Å². The first-order valence-corrected chi connectivity index (χ1v) is 15.1. The average Bonchev–Trinajstić information content (AvgIpc) is 1.93. The van der Waals surface area contributed by atoms with Crippen molar-refractivity contribution in [3.63, 3.8) is 0 Å². The predicted molar refractivity (Wildman–Crippen MR) is 87.1 cm³/mol. The maximum absolute atomic E-state index is 3.07. The van der Waals surface area contributed by atoms with Gasteiger partial charge in [-0.25, -0.2) is 4.00 Å². The van der Waals surface area contributed by atoms with E-state index in [-0.39, 0.29) is 8.07 Å². The van der Waals surface area contributed by atoms with E-state index in [0.29, 0.717) is 0 Å². The lowest BCUT2D eigenvalue weighted by Gasteiger charge is -2.45. The van der Waals surface area contributed by atoms with Gasteiger partial charge in [-0.3, -0.25) is 0 Å². The van der Waals surface area contributed by atoms with Gasteiger partial charge >= 0.3 is 0 Å². The Balaban J connectivity index is 5.32. The van der Waals surface area contributed by atoms with Gasteiger partial charge < -0.3 is 0 Å². The van der Waals surface area contributed by atoms with Crippen LogP contribution in [-0.2, 0) is 0 Å². The van der Waals surface area contributed by atoms with Crippen molar-refractivity contribution in [3.8, 4) is 0 Å². The SMILES string of the molecule is CC(C)[PH+](C(C)C)N([Si](C)(C)C)[Si](C)(C)C. The molecule has 0 bridgehead atoms. The van der Waals surface area contributed by atoms with Crippen LogP contribution in [0.15, 0.2) is 0 Å². The molecule has 0 spiro atoms. The van der Waals surface area contributed by atoms with Crippen molar-refractivity contribution in [1.82, 2.24) is 4.00 Å². The normalized spacial score (nSPS) is 14.6. The van der Waals surface area contributed by atoms with Crippen molar-refractivity contribution in [3.05, 3.63) is 0 Å². The van der Waals surface area contributed by atoms with E-state index in [9.17, 15) is 0 Å². The Hall–Kier alpha value is 0.824. The molecule has 0 saturated carbocycles. The van der Waals surface area contributed by atoms with Gasteiger partial charge in [0.2, 0.25) is 0 Å². The highest BCUT2D eigenvalue weighted by Crippen LogP contribution is 2.54. The molecule has 0 heterocycles. The molecule has 1 nitrogen and oxygen atoms in total. The van der Waals surface area contributed by atoms with Gasteiger partial charge in [0.15, 0.2) is 16.5 Å². The second kappa shape index (κ2) is 5.64. The summed E-state index contributed by atoms with van der Waals surface area (Å²) in [6.45, 7) is 24.9. The number of rotatable bonds is 5. The van der Waals surface area contributed by atoms with E-state index in [0.717, 1.165) is 11.3 Å². The van der Waals surface area contributed by atoms with Gasteiger partial charge in [-0.1, -0.05) is 39.3 Å². The molecular weight excluding hydrogens is 245 g/mol. The summed E-state index contributed by atoms with van der Waals surface area (Å²) in [5.41, 5.74) is 1.73. The van der Waals surface area contributed by atoms with Crippen molar-refractivity contribution >= 4 is 24.5 Å². The first-order valence-electron chi connectivity index (χ1n) is 6.56. The van der Waals surface area contributed by atoms with Crippen molar-refractivity contribution in [2.45, 2.75) is 78.3 Å². The Morgan fingerprint density at radius 1 is 0.688 bits per heavy atom. The Morgan fingerprint density at radius 3 is 1.00 bits per heavy atom. The monoisotopic (exact) mass is 278 g/mol. The lowest BCUT2D eigenvalue weighted by Crippen LogP contribution is -2.57. The third-order valence-corrected chi connectivity index (χ3v) is 17.9. The van der Waals surface area contributed by atoms with Gasteiger partial charge in [-0.15, -0.1) is 0 Å². The summed E-state index contributed by atoms with van der Waals surface area (Å²) in [6.07, 6.45) is 0. The minimum Gasteiger partial charge on any atom is -0.230 e. The van der Waals surface area contributed by atoms with Gasteiger partial charge in [0.1, 0.15) is 0 Å². The fourth-order valence-electron chi connectivity index (χ4n) is 2.96. The Morgan fingerprint density at radius 2 is 0.938 bits per heavy atom. The zero-order chi connectivity index (χ0) is 13.3. The Bertz CT molecular complexity index is 194. The minimum absolute atomic E-state index is 0.375. The molecule has 16 heavy (non-hydrogen) atoms. The van der Waals surface area contributed by atoms with Crippen LogP contribution in [0.2, 0.25) is 39.3 Å². The molecule has 0 aromatic rings. The molecule has 0 saturated heterocycles. The van der Waals surface area contributed by atoms with E-state index in [4.69, 9.17) is 0 Å². The van der Waals surface area contributed by atoms with Gasteiger partial charge in [-0.05, 0) is 27.7 Å². The van der Waals surface area contributed by atoms with E-state index in [1.807, 2.05) is 0 Å². The third kappa shape index (κ3) is 4.60. The molecule has 0 aliphatic heterocycles. The molecule has 0 rings (SSSR count). The summed E-state index contributed by atoms with van der Waals surface area (Å²) in [4.78, 5) is 0. The highest BCUT2D eigenvalue weighted by atomic mass is 31.1. The summed E-state index contributed by atoms with van der Waals surface area (Å²) in [5.74, 6) is 0. The molecule has 0 fully saturated rings. The fraction of sp³-hybridized carbons (Fsp3) is 1.00. The van der Waals surface area contributed by atoms with Crippen molar-refractivity contribution in [2.24, 2.45) is 0 Å². The summed E-state index contributed by atoms with van der Waals surface area (Å²) in [5, 5.41) is 0. The van der Waals surface area contributed by atoms with Crippen LogP contribution in [0.25, 0.3) is 0 Å². The summed E-state index contributed by atoms with van der Waals surface area (Å²) >= 11 is 0. The highest BCUT2D eigenvalue weighted by Gasteiger charge is 2.47. The molecule has 0 aromatic carbocycles. The minimum atomic E-state index is -1.17. The number of hydrogen-bond acceptors (Lipinski definition) is 1. The molecule has 0 radical (unpaired) electrons. The zero-order valence-corrected chi connectivity index (χ0v) is 16.1. The van der Waals surface area contributed by atoms with Crippen LogP contribution in [0, 0.1) is 0 Å². The predicted octanol–water partition coefficient (Wildman–Crippen LogP) is 4.90. The smallest absolute Gasteiger partial charge is 0.153 e. The lowest BCUT2D eigenvalue weighted by molar-refractivity contribution is 0.874. The summed E-state index contributed by atoms with van der Waals surface area (Å²) < 4.78 is 3.07. The van der Waals surface area contributed by atoms with Crippen LogP contribution in [0.1, 0.15) is 27.7 Å². The average molecular weight is 279 g/mol. The lowest BCUT2D eigenvalue weighted by atomic mass is 10.5. The maximum atomic E-state index is 3.07. The summed E-state index contributed by atoms with van der Waals surface area (Å²) in [6, 6.07) is 0. The molecule has 0 N–H and O–H groups in total. The van der Waals surface area contributed by atoms with Crippen LogP contribution in [0.4, 0.5) is 0 Å². The standard InChI is InChI=1S/C12H32NPSi2/c1-11(2)14(12(3)4)13(15(5,6)7)16(8,9)10/h11-12H,1-10H3/p+1. The van der Waals surface area contributed by atoms with E-state index in [1.54, 1.807) is 0 Å². The number of nitrogens with zero attached hydrogens (tertiary/aromatic N) is 1. The molecule has 0 unspecified atom stereocenters. The largest absolute Gasteiger partial charge is 0.230 e. The summed E-state index contributed by atoms with van der Waals surface area (Å²) in [7, 11) is -2.72. The van der Waals surface area contributed by atoms with Gasteiger partial charge in [-0.2, -0.15) is 0 Å². The Labute approximate surface area is 107 Å². The topological polar surface area (TPSA) is 3.24 Å². The molecular formula is C12H33NPSi2+. The van der Waals surface area contributed by atoms with Crippen LogP contribution in [0.3, 0.4) is 0 Å². The van der Waals surface area contributed by atoms with E-state index < -0.39 is 16.5 Å². The molecule has 4 heteroatoms. The molecule has 0 aromatic heterocycles. The number of hydrogen-bond donors (Lipinski definition) is 0. The van der Waals surface area contributed by atoms with E-state index >= 15 is 0 Å². The van der Waals surface area contributed by atoms with Crippen molar-refractivity contribution in [2.75, 3.05) is 0 Å². The van der Waals surface area contributed by atoms with Crippen molar-refractivity contribution in [1.29, 1.82) is 0 Å². The first-order chi connectivity index (χ1) is 6.89. The van der Waals surface area contributed by atoms with Crippen LogP contribution < -0.4 is 0 Å². The second-order valence-electron chi connectivity index (χ2n) is 7.41. The van der Waals surface area contributed by atoms with Crippen LogP contribution >= 0.6 is 8.07 Å². The first kappa shape index (κ1) is 16.8. The van der Waals surface area contributed by atoms with E-state index in [2.05, 4.69) is 71.0 Å². The molecule has 0 aliphatic rings. The van der Waals surface area contributed by atoms with Gasteiger partial charge in [0.25, 0.3) is 0 Å². The van der Waals surface area contributed by atoms with Crippen LogP contribution in [0.5, 0.6) is 0 Å². The maximum Gasteiger partial charge on any atom is 0.153 e. The second-order valence-corrected chi connectivity index (χ2v) is 21.9. The van der Waals surface area contributed by atoms with Crippen LogP contribution in [-0.4, -0.2) is 31.8 Å². The Kier molecular flexibility index (Phi) is 5.93. The van der Waals surface area contributed by atoms with E-state index in [1.165, 1.54) is 0 Å². The molecule has 0 aliphatic carbocycles. The highest BCUT2D eigenvalue weighted by molar-refractivity contribution is 7.61. The molecule has 0 atom stereocenters. The quantitative estimate of drug-likeness (QED) is 0.510. The third-order valence-electron chi connectivity index (χ3n) is 2.78.